The number of hydrogen-bond acceptors (Lipinski definition) is 10. The molecule has 0 amide bonds. The van der Waals surface area contributed by atoms with Crippen LogP contribution in [0.5, 0.6) is 0 Å². The number of nitrogens with zero attached hydrogens (tertiary/aromatic N) is 2. The molecule has 0 aliphatic heterocycles. The van der Waals surface area contributed by atoms with Crippen molar-refractivity contribution in [1.29, 1.82) is 10.5 Å². The Balaban J connectivity index is 0.000000271. The lowest BCUT2D eigenvalue weighted by Crippen LogP contribution is -1.99. The minimum Gasteiger partial charge on any atom is -0.477 e. The van der Waals surface area contributed by atoms with E-state index in [2.05, 4.69) is 9.47 Å². The number of carboxylic acids is 1. The van der Waals surface area contributed by atoms with Crippen LogP contribution >= 0.6 is 22.7 Å². The lowest BCUT2D eigenvalue weighted by molar-refractivity contribution is 0.0597. The zero-order valence-corrected chi connectivity index (χ0v) is 15.6. The summed E-state index contributed by atoms with van der Waals surface area (Å²) in [5, 5.41) is 34.6. The number of ether oxygens (including phenoxy) is 2. The highest BCUT2D eigenvalue weighted by molar-refractivity contribution is 7.16. The quantitative estimate of drug-likeness (QED) is 0.722. The largest absolute Gasteiger partial charge is 0.477 e. The fourth-order valence-electron chi connectivity index (χ4n) is 1.67. The van der Waals surface area contributed by atoms with Gasteiger partial charge in [-0.15, -0.1) is 22.7 Å². The fraction of sp³-hybridized carbons (Fsp3) is 0.188. The van der Waals surface area contributed by atoms with Crippen LogP contribution in [0.25, 0.3) is 0 Å². The van der Waals surface area contributed by atoms with Gasteiger partial charge in [-0.2, -0.15) is 10.5 Å². The van der Waals surface area contributed by atoms with E-state index in [0.717, 1.165) is 28.7 Å². The average molecular weight is 408 g/mol. The van der Waals surface area contributed by atoms with Gasteiger partial charge in [0.15, 0.2) is 0 Å². The molecule has 0 saturated heterocycles. The molecule has 0 aromatic carbocycles. The molecule has 9 nitrogen and oxygen atoms in total. The van der Waals surface area contributed by atoms with Crippen molar-refractivity contribution in [3.63, 3.8) is 0 Å². The second kappa shape index (κ2) is 10.0. The van der Waals surface area contributed by atoms with Crippen LogP contribution in [0.4, 0.5) is 0 Å². The highest BCUT2D eigenvalue weighted by Gasteiger charge is 2.19. The van der Waals surface area contributed by atoms with Gasteiger partial charge in [-0.3, -0.25) is 0 Å². The fourth-order valence-corrected chi connectivity index (χ4v) is 3.42. The highest BCUT2D eigenvalue weighted by atomic mass is 32.1. The lowest BCUT2D eigenvalue weighted by Gasteiger charge is -1.93. The Morgan fingerprint density at radius 1 is 1.00 bits per heavy atom. The average Bonchev–Trinajstić information content (AvgIpc) is 3.31. The number of aromatic carboxylic acids is 1. The molecular weight excluding hydrogens is 396 g/mol. The number of carboxylic acid groups (broad SMARTS) is 1. The Hall–Kier alpha value is -3.25. The summed E-state index contributed by atoms with van der Waals surface area (Å²) >= 11 is 1.80. The van der Waals surface area contributed by atoms with Gasteiger partial charge in [0.05, 0.1) is 32.0 Å². The van der Waals surface area contributed by atoms with Crippen LogP contribution in [-0.2, 0) is 16.1 Å². The van der Waals surface area contributed by atoms with Crippen molar-refractivity contribution in [1.82, 2.24) is 0 Å². The van der Waals surface area contributed by atoms with E-state index in [1.807, 2.05) is 6.07 Å². The number of aliphatic hydroxyl groups excluding tert-OH is 1. The van der Waals surface area contributed by atoms with Gasteiger partial charge in [0, 0.05) is 4.88 Å². The molecule has 2 aromatic heterocycles. The van der Waals surface area contributed by atoms with E-state index in [-0.39, 0.29) is 32.4 Å². The Labute approximate surface area is 161 Å². The third-order valence-electron chi connectivity index (χ3n) is 2.86. The molecule has 0 unspecified atom stereocenters. The molecule has 11 heteroatoms. The molecule has 0 saturated carbocycles. The maximum Gasteiger partial charge on any atom is 0.349 e. The zero-order valence-electron chi connectivity index (χ0n) is 14.0. The number of aliphatic hydroxyl groups is 1. The Bertz CT molecular complexity index is 947. The van der Waals surface area contributed by atoms with Crippen molar-refractivity contribution in [2.45, 2.75) is 6.61 Å². The van der Waals surface area contributed by atoms with E-state index in [0.29, 0.717) is 4.88 Å². The van der Waals surface area contributed by atoms with Gasteiger partial charge in [0.1, 0.15) is 26.8 Å². The number of nitriles is 2. The van der Waals surface area contributed by atoms with E-state index < -0.39 is 17.9 Å². The topological polar surface area (TPSA) is 158 Å². The molecule has 0 fully saturated rings. The summed E-state index contributed by atoms with van der Waals surface area (Å²) in [6.07, 6.45) is 0. The minimum atomic E-state index is -1.17. The van der Waals surface area contributed by atoms with Crippen molar-refractivity contribution < 1.29 is 34.1 Å². The van der Waals surface area contributed by atoms with E-state index in [9.17, 15) is 14.4 Å². The third-order valence-corrected chi connectivity index (χ3v) is 5.07. The Kier molecular flexibility index (Phi) is 8.10. The van der Waals surface area contributed by atoms with Crippen LogP contribution in [-0.4, -0.2) is 42.3 Å². The van der Waals surface area contributed by atoms with Gasteiger partial charge < -0.3 is 19.7 Å². The number of rotatable bonds is 4. The zero-order chi connectivity index (χ0) is 20.6. The molecule has 2 N–H and O–H groups in total. The van der Waals surface area contributed by atoms with Gasteiger partial charge in [0.2, 0.25) is 0 Å². The van der Waals surface area contributed by atoms with Gasteiger partial charge in [-0.25, -0.2) is 14.4 Å². The van der Waals surface area contributed by atoms with Crippen LogP contribution in [0.2, 0.25) is 0 Å². The van der Waals surface area contributed by atoms with Gasteiger partial charge >= 0.3 is 17.9 Å². The molecule has 0 radical (unpaired) electrons. The summed E-state index contributed by atoms with van der Waals surface area (Å²) < 4.78 is 8.87. The van der Waals surface area contributed by atoms with E-state index in [4.69, 9.17) is 20.7 Å². The summed E-state index contributed by atoms with van der Waals surface area (Å²) in [5.41, 5.74) is 0.278. The monoisotopic (exact) mass is 408 g/mol. The summed E-state index contributed by atoms with van der Waals surface area (Å²) in [6.45, 7) is -0.170. The van der Waals surface area contributed by atoms with Crippen LogP contribution in [0, 0.1) is 22.7 Å². The first-order valence-corrected chi connectivity index (χ1v) is 8.53. The molecule has 0 aliphatic carbocycles. The molecular formula is C16H12N2O7S2. The number of carbonyl (C=O) groups is 3. The smallest absolute Gasteiger partial charge is 0.349 e. The van der Waals surface area contributed by atoms with E-state index >= 15 is 0 Å². The number of carbonyl (C=O) groups excluding carboxylic acids is 2. The first-order chi connectivity index (χ1) is 12.8. The van der Waals surface area contributed by atoms with Gasteiger partial charge in [-0.1, -0.05) is 0 Å². The molecule has 2 rings (SSSR count). The summed E-state index contributed by atoms with van der Waals surface area (Å²) in [6, 6.07) is 6.23. The van der Waals surface area contributed by atoms with Crippen LogP contribution in [0.3, 0.4) is 0 Å². The van der Waals surface area contributed by atoms with Gasteiger partial charge in [0.25, 0.3) is 0 Å². The van der Waals surface area contributed by atoms with Crippen molar-refractivity contribution >= 4 is 40.6 Å². The molecule has 2 heterocycles. The third kappa shape index (κ3) is 5.36. The molecule has 0 aliphatic rings. The standard InChI is InChI=1S/C8H5NO4S.C8H7NO3S/c1-13-8(12)6-4(3-9)2-5(14-6)7(10)11;1-12-8(11)7-5(3-9)2-6(4-10)13-7/h2H,1H3,(H,10,11);2,10H,4H2,1H3. The number of methoxy groups -OCH3 is 2. The second-order valence-electron chi connectivity index (χ2n) is 4.48. The molecule has 2 aromatic rings. The second-order valence-corrected chi connectivity index (χ2v) is 6.67. The first kappa shape index (κ1) is 21.8. The first-order valence-electron chi connectivity index (χ1n) is 6.90. The molecule has 140 valence electrons. The Morgan fingerprint density at radius 3 is 1.89 bits per heavy atom. The highest BCUT2D eigenvalue weighted by Crippen LogP contribution is 2.23. The van der Waals surface area contributed by atoms with Crippen molar-refractivity contribution in [3.8, 4) is 12.1 Å². The normalized spacial score (nSPS) is 9.22. The van der Waals surface area contributed by atoms with E-state index in [1.165, 1.54) is 20.3 Å². The minimum absolute atomic E-state index is 0.0207. The van der Waals surface area contributed by atoms with Crippen molar-refractivity contribution in [2.24, 2.45) is 0 Å². The van der Waals surface area contributed by atoms with Crippen LogP contribution in [0.1, 0.15) is 45.0 Å². The summed E-state index contributed by atoms with van der Waals surface area (Å²) in [7, 11) is 2.42. The van der Waals surface area contributed by atoms with Crippen LogP contribution in [0.15, 0.2) is 12.1 Å². The molecule has 27 heavy (non-hydrogen) atoms. The van der Waals surface area contributed by atoms with Gasteiger partial charge in [-0.05, 0) is 12.1 Å². The maximum absolute atomic E-state index is 11.1. The number of thiophene rings is 2. The number of hydrogen-bond donors (Lipinski definition) is 2. The predicted molar refractivity (Wildman–Crippen MR) is 93.6 cm³/mol. The molecule has 0 bridgehead atoms. The van der Waals surface area contributed by atoms with Crippen LogP contribution < -0.4 is 0 Å². The summed E-state index contributed by atoms with van der Waals surface area (Å²) in [5.74, 6) is -2.40. The number of esters is 2. The Morgan fingerprint density at radius 2 is 1.48 bits per heavy atom. The molecule has 0 atom stereocenters. The SMILES string of the molecule is COC(=O)c1sc(C(=O)O)cc1C#N.COC(=O)c1sc(CO)cc1C#N. The molecule has 0 spiro atoms. The van der Waals surface area contributed by atoms with E-state index in [1.54, 1.807) is 6.07 Å². The predicted octanol–water partition coefficient (Wildman–Crippen LogP) is 2.00. The maximum atomic E-state index is 11.1. The van der Waals surface area contributed by atoms with Crippen molar-refractivity contribution in [3.05, 3.63) is 42.8 Å². The summed E-state index contributed by atoms with van der Waals surface area (Å²) in [4.78, 5) is 33.5. The lowest BCUT2D eigenvalue weighted by atomic mass is 10.2. The van der Waals surface area contributed by atoms with Crippen molar-refractivity contribution in [2.75, 3.05) is 14.2 Å².